The number of urea groups is 1. The Morgan fingerprint density at radius 3 is 2.46 bits per heavy atom. The van der Waals surface area contributed by atoms with E-state index < -0.39 is 5.54 Å². The van der Waals surface area contributed by atoms with E-state index in [1.54, 1.807) is 0 Å². The molecule has 2 aliphatic heterocycles. The van der Waals surface area contributed by atoms with Gasteiger partial charge in [-0.3, -0.25) is 15.1 Å². The number of piperidine rings is 1. The Bertz CT molecular complexity index is 550. The van der Waals surface area contributed by atoms with Crippen molar-refractivity contribution >= 4 is 17.9 Å². The second kappa shape index (κ2) is 8.27. The molecule has 7 nitrogen and oxygen atoms in total. The molecule has 0 aromatic rings. The molecule has 146 valence electrons. The van der Waals surface area contributed by atoms with Crippen molar-refractivity contribution in [3.63, 3.8) is 0 Å². The molecule has 3 rings (SSSR count). The van der Waals surface area contributed by atoms with Gasteiger partial charge in [0.05, 0.1) is 0 Å². The third kappa shape index (κ3) is 4.13. The van der Waals surface area contributed by atoms with Crippen LogP contribution in [0.1, 0.15) is 58.8 Å². The molecule has 0 aromatic heterocycles. The molecule has 0 aromatic carbocycles. The number of imide groups is 1. The maximum Gasteiger partial charge on any atom is 0.322 e. The fourth-order valence-electron chi connectivity index (χ4n) is 4.52. The SMILES string of the molecule is CCNC(=NCC1CCCCC1)N1CCC(C2(C)NC(=O)NC2=O)CC1. The Balaban J connectivity index is 1.57. The van der Waals surface area contributed by atoms with E-state index in [0.29, 0.717) is 0 Å². The predicted molar refractivity (Wildman–Crippen MR) is 102 cm³/mol. The Labute approximate surface area is 156 Å². The summed E-state index contributed by atoms with van der Waals surface area (Å²) in [6.45, 7) is 7.44. The molecule has 0 radical (unpaired) electrons. The highest BCUT2D eigenvalue weighted by atomic mass is 16.2. The monoisotopic (exact) mass is 363 g/mol. The number of amides is 3. The van der Waals surface area contributed by atoms with Gasteiger partial charge in [-0.05, 0) is 51.4 Å². The molecule has 0 bridgehead atoms. The van der Waals surface area contributed by atoms with Gasteiger partial charge >= 0.3 is 6.03 Å². The molecule has 1 aliphatic carbocycles. The van der Waals surface area contributed by atoms with Crippen LogP contribution in [-0.2, 0) is 4.79 Å². The summed E-state index contributed by atoms with van der Waals surface area (Å²) in [6.07, 6.45) is 8.41. The average Bonchev–Trinajstić information content (AvgIpc) is 2.92. The zero-order valence-electron chi connectivity index (χ0n) is 16.1. The van der Waals surface area contributed by atoms with Crippen LogP contribution >= 0.6 is 0 Å². The van der Waals surface area contributed by atoms with Crippen LogP contribution < -0.4 is 16.0 Å². The smallest absolute Gasteiger partial charge is 0.322 e. The fraction of sp³-hybridized carbons (Fsp3) is 0.842. The highest BCUT2D eigenvalue weighted by Crippen LogP contribution is 2.31. The van der Waals surface area contributed by atoms with E-state index in [0.717, 1.165) is 50.9 Å². The molecule has 1 unspecified atom stereocenters. The minimum Gasteiger partial charge on any atom is -0.357 e. The van der Waals surface area contributed by atoms with Gasteiger partial charge in [-0.1, -0.05) is 19.3 Å². The number of carbonyl (C=O) groups excluding carboxylic acids is 2. The maximum atomic E-state index is 12.2. The first-order chi connectivity index (χ1) is 12.5. The molecule has 3 fully saturated rings. The third-order valence-electron chi connectivity index (χ3n) is 6.24. The Kier molecular flexibility index (Phi) is 6.04. The van der Waals surface area contributed by atoms with Crippen molar-refractivity contribution in [3.8, 4) is 0 Å². The molecular formula is C19H33N5O2. The normalized spacial score (nSPS) is 28.8. The third-order valence-corrected chi connectivity index (χ3v) is 6.24. The molecule has 1 saturated carbocycles. The summed E-state index contributed by atoms with van der Waals surface area (Å²) < 4.78 is 0. The summed E-state index contributed by atoms with van der Waals surface area (Å²) in [5, 5.41) is 8.63. The van der Waals surface area contributed by atoms with E-state index in [-0.39, 0.29) is 17.9 Å². The van der Waals surface area contributed by atoms with Crippen molar-refractivity contribution in [2.24, 2.45) is 16.8 Å². The molecule has 2 saturated heterocycles. The Hall–Kier alpha value is -1.79. The van der Waals surface area contributed by atoms with Gasteiger partial charge in [-0.15, -0.1) is 0 Å². The van der Waals surface area contributed by atoms with Gasteiger partial charge in [-0.2, -0.15) is 0 Å². The van der Waals surface area contributed by atoms with E-state index in [1.165, 1.54) is 32.1 Å². The van der Waals surface area contributed by atoms with E-state index >= 15 is 0 Å². The molecule has 3 N–H and O–H groups in total. The second-order valence-electron chi connectivity index (χ2n) is 8.07. The number of hydrogen-bond acceptors (Lipinski definition) is 3. The molecule has 2 heterocycles. The first kappa shape index (κ1) is 19.0. The van der Waals surface area contributed by atoms with Gasteiger partial charge in [0, 0.05) is 26.2 Å². The lowest BCUT2D eigenvalue weighted by molar-refractivity contribution is -0.125. The van der Waals surface area contributed by atoms with E-state index in [4.69, 9.17) is 4.99 Å². The summed E-state index contributed by atoms with van der Waals surface area (Å²) >= 11 is 0. The van der Waals surface area contributed by atoms with E-state index in [2.05, 4.69) is 27.8 Å². The number of carbonyl (C=O) groups is 2. The molecular weight excluding hydrogens is 330 g/mol. The van der Waals surface area contributed by atoms with Crippen molar-refractivity contribution in [3.05, 3.63) is 0 Å². The Morgan fingerprint density at radius 1 is 1.19 bits per heavy atom. The molecule has 0 spiro atoms. The molecule has 3 amide bonds. The molecule has 1 atom stereocenters. The van der Waals surface area contributed by atoms with Crippen LogP contribution in [-0.4, -0.2) is 54.5 Å². The summed E-state index contributed by atoms with van der Waals surface area (Å²) in [5.41, 5.74) is -0.777. The van der Waals surface area contributed by atoms with Crippen molar-refractivity contribution < 1.29 is 9.59 Å². The van der Waals surface area contributed by atoms with Gasteiger partial charge < -0.3 is 15.5 Å². The Morgan fingerprint density at radius 2 is 1.88 bits per heavy atom. The maximum absolute atomic E-state index is 12.2. The number of hydrogen-bond donors (Lipinski definition) is 3. The minimum absolute atomic E-state index is 0.159. The van der Waals surface area contributed by atoms with Crippen LogP contribution in [0.25, 0.3) is 0 Å². The summed E-state index contributed by atoms with van der Waals surface area (Å²) in [6, 6.07) is -0.373. The summed E-state index contributed by atoms with van der Waals surface area (Å²) in [7, 11) is 0. The number of likely N-dealkylation sites (tertiary alicyclic amines) is 1. The lowest BCUT2D eigenvalue weighted by Crippen LogP contribution is -2.55. The predicted octanol–water partition coefficient (Wildman–Crippen LogP) is 1.84. The molecule has 26 heavy (non-hydrogen) atoms. The van der Waals surface area contributed by atoms with Crippen LogP contribution in [0, 0.1) is 11.8 Å². The van der Waals surface area contributed by atoms with Crippen LogP contribution in [0.2, 0.25) is 0 Å². The molecule has 3 aliphatic rings. The number of aliphatic imine (C=N–C) groups is 1. The zero-order chi connectivity index (χ0) is 18.6. The number of nitrogens with one attached hydrogen (secondary N) is 3. The van der Waals surface area contributed by atoms with E-state index in [1.807, 2.05) is 6.92 Å². The largest absolute Gasteiger partial charge is 0.357 e. The van der Waals surface area contributed by atoms with Gasteiger partial charge in [0.15, 0.2) is 5.96 Å². The van der Waals surface area contributed by atoms with Gasteiger partial charge in [0.2, 0.25) is 0 Å². The van der Waals surface area contributed by atoms with Crippen molar-refractivity contribution in [2.45, 2.75) is 64.3 Å². The van der Waals surface area contributed by atoms with Crippen molar-refractivity contribution in [2.75, 3.05) is 26.2 Å². The zero-order valence-corrected chi connectivity index (χ0v) is 16.1. The van der Waals surface area contributed by atoms with Gasteiger partial charge in [0.1, 0.15) is 5.54 Å². The second-order valence-corrected chi connectivity index (χ2v) is 8.07. The van der Waals surface area contributed by atoms with Crippen LogP contribution in [0.4, 0.5) is 4.79 Å². The van der Waals surface area contributed by atoms with Crippen molar-refractivity contribution in [1.29, 1.82) is 0 Å². The molecule has 7 heteroatoms. The van der Waals surface area contributed by atoms with Crippen LogP contribution in [0.15, 0.2) is 4.99 Å². The topological polar surface area (TPSA) is 85.8 Å². The summed E-state index contributed by atoms with van der Waals surface area (Å²) in [4.78, 5) is 30.9. The summed E-state index contributed by atoms with van der Waals surface area (Å²) in [5.74, 6) is 1.69. The van der Waals surface area contributed by atoms with Gasteiger partial charge in [-0.25, -0.2) is 4.79 Å². The van der Waals surface area contributed by atoms with Gasteiger partial charge in [0.25, 0.3) is 5.91 Å². The van der Waals surface area contributed by atoms with E-state index in [9.17, 15) is 9.59 Å². The van der Waals surface area contributed by atoms with Crippen LogP contribution in [0.3, 0.4) is 0 Å². The van der Waals surface area contributed by atoms with Crippen molar-refractivity contribution in [1.82, 2.24) is 20.9 Å². The van der Waals surface area contributed by atoms with Crippen LogP contribution in [0.5, 0.6) is 0 Å². The first-order valence-electron chi connectivity index (χ1n) is 10.2. The number of guanidine groups is 1. The number of nitrogens with zero attached hydrogens (tertiary/aromatic N) is 2. The lowest BCUT2D eigenvalue weighted by Gasteiger charge is -2.39. The average molecular weight is 364 g/mol. The fourth-order valence-corrected chi connectivity index (χ4v) is 4.52. The quantitative estimate of drug-likeness (QED) is 0.404. The minimum atomic E-state index is -0.777. The standard InChI is InChI=1S/C19H33N5O2/c1-3-20-17(21-13-14-7-5-4-6-8-14)24-11-9-15(10-12-24)19(2)16(25)22-18(26)23-19/h14-15H,3-13H2,1-2H3,(H,20,21)(H2,22,23,25,26). The highest BCUT2D eigenvalue weighted by Gasteiger charge is 2.48. The highest BCUT2D eigenvalue weighted by molar-refractivity contribution is 6.07. The number of rotatable bonds is 4. The lowest BCUT2D eigenvalue weighted by atomic mass is 9.79. The first-order valence-corrected chi connectivity index (χ1v) is 10.2.